The number of hydrogen-bond acceptors (Lipinski definition) is 3. The zero-order chi connectivity index (χ0) is 21.8. The molecule has 0 N–H and O–H groups in total. The molecule has 0 aliphatic carbocycles. The summed E-state index contributed by atoms with van der Waals surface area (Å²) in [6.07, 6.45) is 12.4. The number of carbonyl (C=O) groups is 1. The molecule has 1 unspecified atom stereocenters. The average Bonchev–Trinajstić information content (AvgIpc) is 2.60. The second-order valence-electron chi connectivity index (χ2n) is 5.92. The van der Waals surface area contributed by atoms with Crippen LogP contribution < -0.4 is 4.74 Å². The van der Waals surface area contributed by atoms with Gasteiger partial charge >= 0.3 is 0 Å². The van der Waals surface area contributed by atoms with Gasteiger partial charge in [-0.05, 0) is 38.5 Å². The number of ether oxygens (including phenoxy) is 1. The first kappa shape index (κ1) is 28.6. The van der Waals surface area contributed by atoms with Crippen molar-refractivity contribution in [3.8, 4) is 5.75 Å². The van der Waals surface area contributed by atoms with Crippen molar-refractivity contribution in [1.29, 1.82) is 0 Å². The number of para-hydroxylation sites is 1. The third-order valence-corrected chi connectivity index (χ3v) is 3.27. The molecule has 2 rings (SSSR count). The van der Waals surface area contributed by atoms with Gasteiger partial charge in [-0.3, -0.25) is 4.99 Å². The lowest BCUT2D eigenvalue weighted by Gasteiger charge is -2.14. The molecule has 0 aromatic heterocycles. The number of halogens is 2. The molecule has 0 amide bonds. The molecule has 1 aliphatic rings. The number of aldehydes is 1. The fourth-order valence-electron chi connectivity index (χ4n) is 1.78. The van der Waals surface area contributed by atoms with E-state index in [0.717, 1.165) is 18.4 Å². The Morgan fingerprint density at radius 3 is 2.11 bits per heavy atom. The molecule has 5 heteroatoms. The van der Waals surface area contributed by atoms with Crippen LogP contribution in [0.2, 0.25) is 10.0 Å². The van der Waals surface area contributed by atoms with Gasteiger partial charge < -0.3 is 9.53 Å². The molecule has 28 heavy (non-hydrogen) atoms. The number of aliphatic imine (C=N–C) groups is 1. The Labute approximate surface area is 181 Å². The smallest absolute Gasteiger partial charge is 0.156 e. The summed E-state index contributed by atoms with van der Waals surface area (Å²) in [6, 6.07) is 5.29. The molecule has 0 spiro atoms. The van der Waals surface area contributed by atoms with Crippen molar-refractivity contribution in [2.75, 3.05) is 6.61 Å². The molecule has 1 aliphatic heterocycles. The Morgan fingerprint density at radius 2 is 1.61 bits per heavy atom. The highest BCUT2D eigenvalue weighted by molar-refractivity contribution is 6.37. The first-order chi connectivity index (χ1) is 13.4. The normalized spacial score (nSPS) is 15.6. The molecule has 0 saturated carbocycles. The summed E-state index contributed by atoms with van der Waals surface area (Å²) in [6.45, 7) is 12.3. The van der Waals surface area contributed by atoms with Crippen LogP contribution >= 0.6 is 23.2 Å². The lowest BCUT2D eigenvalue weighted by molar-refractivity contribution is -0.106. The van der Waals surface area contributed by atoms with Crippen molar-refractivity contribution in [3.05, 3.63) is 52.5 Å². The second-order valence-corrected chi connectivity index (χ2v) is 6.73. The molecule has 0 bridgehead atoms. The van der Waals surface area contributed by atoms with E-state index in [1.807, 2.05) is 19.1 Å². The highest BCUT2D eigenvalue weighted by atomic mass is 35.5. The van der Waals surface area contributed by atoms with Gasteiger partial charge in [-0.15, -0.1) is 0 Å². The van der Waals surface area contributed by atoms with Crippen LogP contribution in [0.4, 0.5) is 0 Å². The van der Waals surface area contributed by atoms with Gasteiger partial charge in [0.05, 0.1) is 10.0 Å². The number of benzene rings is 1. The standard InChI is InChI=1S/C15H15Cl2NO.2C3H8.C2H4O/c1-11-6-3-2-4-7-12(18-11)10-19-15-13(16)8-5-9-14(15)17;2*1-3-2;1-2-3/h3-9,12H,2,10H2,1H3;2*3H2,1-2H3;2H,1H3/b6-3-,7-4?,18-11?;;;. The number of rotatable bonds is 3. The topological polar surface area (TPSA) is 38.7 Å². The minimum Gasteiger partial charge on any atom is -0.488 e. The summed E-state index contributed by atoms with van der Waals surface area (Å²) in [4.78, 5) is 13.3. The first-order valence-corrected chi connectivity index (χ1v) is 10.5. The summed E-state index contributed by atoms with van der Waals surface area (Å²) in [5.74, 6) is 0.518. The van der Waals surface area contributed by atoms with Crippen LogP contribution in [0.25, 0.3) is 0 Å². The van der Waals surface area contributed by atoms with Crippen molar-refractivity contribution < 1.29 is 9.53 Å². The van der Waals surface area contributed by atoms with Gasteiger partial charge in [0.15, 0.2) is 5.75 Å². The predicted octanol–water partition coefficient (Wildman–Crippen LogP) is 7.76. The maximum absolute atomic E-state index is 8.81. The zero-order valence-corrected chi connectivity index (χ0v) is 19.6. The summed E-state index contributed by atoms with van der Waals surface area (Å²) < 4.78 is 5.71. The molecular formula is C23H35Cl2NO2. The van der Waals surface area contributed by atoms with Crippen LogP contribution in [0.1, 0.15) is 60.8 Å². The summed E-state index contributed by atoms with van der Waals surface area (Å²) in [5, 5.41) is 1.03. The van der Waals surface area contributed by atoms with E-state index >= 15 is 0 Å². The number of hydrogen-bond donors (Lipinski definition) is 0. The minimum atomic E-state index is -0.0164. The average molecular weight is 428 g/mol. The van der Waals surface area contributed by atoms with E-state index < -0.39 is 0 Å². The van der Waals surface area contributed by atoms with Gasteiger partial charge in [-0.1, -0.05) is 88.0 Å². The third kappa shape index (κ3) is 15.5. The van der Waals surface area contributed by atoms with Crippen molar-refractivity contribution in [2.24, 2.45) is 4.99 Å². The van der Waals surface area contributed by atoms with Crippen LogP contribution in [0.3, 0.4) is 0 Å². The van der Waals surface area contributed by atoms with Crippen LogP contribution in [-0.2, 0) is 4.79 Å². The van der Waals surface area contributed by atoms with Crippen LogP contribution in [-0.4, -0.2) is 24.6 Å². The highest BCUT2D eigenvalue weighted by Crippen LogP contribution is 2.32. The molecule has 1 heterocycles. The van der Waals surface area contributed by atoms with Gasteiger partial charge in [-0.25, -0.2) is 0 Å². The lowest BCUT2D eigenvalue weighted by Crippen LogP contribution is -2.15. The molecule has 3 nitrogen and oxygen atoms in total. The van der Waals surface area contributed by atoms with E-state index in [2.05, 4.69) is 44.8 Å². The van der Waals surface area contributed by atoms with Crippen molar-refractivity contribution in [3.63, 3.8) is 0 Å². The summed E-state index contributed by atoms with van der Waals surface area (Å²) in [5.41, 5.74) is 0.989. The Bertz CT molecular complexity index is 588. The first-order valence-electron chi connectivity index (χ1n) is 9.75. The Kier molecular flexibility index (Phi) is 20.6. The Balaban J connectivity index is 0. The van der Waals surface area contributed by atoms with Crippen molar-refractivity contribution >= 4 is 35.2 Å². The van der Waals surface area contributed by atoms with E-state index in [4.69, 9.17) is 32.7 Å². The largest absolute Gasteiger partial charge is 0.488 e. The van der Waals surface area contributed by atoms with E-state index in [-0.39, 0.29) is 6.04 Å². The molecule has 0 fully saturated rings. The minimum absolute atomic E-state index is 0.0164. The van der Waals surface area contributed by atoms with E-state index in [1.54, 1.807) is 18.2 Å². The van der Waals surface area contributed by atoms with Crippen LogP contribution in [0.5, 0.6) is 5.75 Å². The molecule has 1 atom stereocenters. The quantitative estimate of drug-likeness (QED) is 0.365. The lowest BCUT2D eigenvalue weighted by atomic mass is 10.2. The SMILES string of the molecule is CC1=NC(COc2c(Cl)cccc2Cl)C=CC/C=C\1.CC=O.CCC.CCC. The summed E-state index contributed by atoms with van der Waals surface area (Å²) in [7, 11) is 0. The highest BCUT2D eigenvalue weighted by Gasteiger charge is 2.10. The van der Waals surface area contributed by atoms with Crippen molar-refractivity contribution in [1.82, 2.24) is 0 Å². The molecule has 1 aromatic rings. The predicted molar refractivity (Wildman–Crippen MR) is 125 cm³/mol. The second kappa shape index (κ2) is 20.2. The Morgan fingerprint density at radius 1 is 1.11 bits per heavy atom. The van der Waals surface area contributed by atoms with Crippen molar-refractivity contribution in [2.45, 2.75) is 66.8 Å². The third-order valence-electron chi connectivity index (χ3n) is 2.68. The number of carbonyl (C=O) groups excluding carboxylic acids is 1. The van der Waals surface area contributed by atoms with Gasteiger partial charge in [0, 0.05) is 5.71 Å². The van der Waals surface area contributed by atoms with Gasteiger partial charge in [0.2, 0.25) is 0 Å². The van der Waals surface area contributed by atoms with E-state index in [1.165, 1.54) is 19.8 Å². The Hall–Kier alpha value is -1.58. The number of nitrogens with zero attached hydrogens (tertiary/aromatic N) is 1. The monoisotopic (exact) mass is 427 g/mol. The molecular weight excluding hydrogens is 393 g/mol. The van der Waals surface area contributed by atoms with Crippen LogP contribution in [0, 0.1) is 0 Å². The maximum atomic E-state index is 8.81. The van der Waals surface area contributed by atoms with Gasteiger partial charge in [-0.2, -0.15) is 0 Å². The van der Waals surface area contributed by atoms with Gasteiger partial charge in [0.25, 0.3) is 0 Å². The molecule has 0 radical (unpaired) electrons. The fraction of sp³-hybridized carbons (Fsp3) is 0.478. The van der Waals surface area contributed by atoms with E-state index in [0.29, 0.717) is 22.4 Å². The zero-order valence-electron chi connectivity index (χ0n) is 18.0. The van der Waals surface area contributed by atoms with E-state index in [9.17, 15) is 0 Å². The maximum Gasteiger partial charge on any atom is 0.156 e. The molecule has 158 valence electrons. The fourth-order valence-corrected chi connectivity index (χ4v) is 2.29. The van der Waals surface area contributed by atoms with Crippen LogP contribution in [0.15, 0.2) is 47.5 Å². The van der Waals surface area contributed by atoms with Gasteiger partial charge in [0.1, 0.15) is 18.9 Å². The number of allylic oxidation sites excluding steroid dienone is 3. The summed E-state index contributed by atoms with van der Waals surface area (Å²) >= 11 is 12.1. The molecule has 1 aromatic carbocycles. The molecule has 0 saturated heterocycles.